The van der Waals surface area contributed by atoms with Gasteiger partial charge in [0, 0.05) is 11.4 Å². The van der Waals surface area contributed by atoms with E-state index in [-0.39, 0.29) is 24.3 Å². The fraction of sp³-hybridized carbons (Fsp3) is 0.250. The van der Waals surface area contributed by atoms with Crippen LogP contribution in [0.4, 0.5) is 8.78 Å². The molecule has 1 rings (SSSR count). The van der Waals surface area contributed by atoms with Crippen LogP contribution in [-0.2, 0) is 0 Å². The van der Waals surface area contributed by atoms with E-state index in [1.165, 1.54) is 6.07 Å². The summed E-state index contributed by atoms with van der Waals surface area (Å²) in [4.78, 5) is 0. The van der Waals surface area contributed by atoms with E-state index in [1.807, 2.05) is 0 Å². The van der Waals surface area contributed by atoms with Gasteiger partial charge in [-0.1, -0.05) is 0 Å². The minimum absolute atomic E-state index is 0.0647. The highest BCUT2D eigenvalue weighted by Gasteiger charge is 2.07. The van der Waals surface area contributed by atoms with Crippen LogP contribution in [0.15, 0.2) is 12.1 Å². The molecule has 0 saturated heterocycles. The second-order valence-corrected chi connectivity index (χ2v) is 3.00. The maximum atomic E-state index is 12.7. The third-order valence-electron chi connectivity index (χ3n) is 1.39. The Balaban J connectivity index is 2.86. The predicted octanol–water partition coefficient (Wildman–Crippen LogP) is 0.836. The van der Waals surface area contributed by atoms with Crippen molar-refractivity contribution in [2.45, 2.75) is 0 Å². The van der Waals surface area contributed by atoms with Gasteiger partial charge in [-0.15, -0.1) is 9.24 Å². The van der Waals surface area contributed by atoms with E-state index in [9.17, 15) is 8.78 Å². The Morgan fingerprint density at radius 1 is 1.38 bits per heavy atom. The maximum absolute atomic E-state index is 12.7. The summed E-state index contributed by atoms with van der Waals surface area (Å²) in [7, 11) is 2.06. The predicted molar refractivity (Wildman–Crippen MR) is 48.3 cm³/mol. The van der Waals surface area contributed by atoms with Gasteiger partial charge in [0.05, 0.1) is 6.61 Å². The molecular weight excluding hydrogens is 197 g/mol. The van der Waals surface area contributed by atoms with Gasteiger partial charge in [-0.2, -0.15) is 0 Å². The lowest BCUT2D eigenvalue weighted by molar-refractivity contribution is 0.201. The summed E-state index contributed by atoms with van der Waals surface area (Å²) in [5, 5.41) is 8.53. The van der Waals surface area contributed by atoms with E-state index in [0.29, 0.717) is 0 Å². The number of rotatable bonds is 3. The van der Waals surface area contributed by atoms with Crippen molar-refractivity contribution in [1.29, 1.82) is 0 Å². The van der Waals surface area contributed by atoms with Crippen molar-refractivity contribution in [1.82, 2.24) is 0 Å². The largest absolute Gasteiger partial charge is 0.491 e. The molecule has 1 N–H and O–H groups in total. The summed E-state index contributed by atoms with van der Waals surface area (Å²) in [6.45, 7) is -0.0969. The molecule has 0 aliphatic heterocycles. The van der Waals surface area contributed by atoms with Gasteiger partial charge in [-0.25, -0.2) is 8.78 Å². The van der Waals surface area contributed by atoms with Crippen LogP contribution < -0.4 is 10.0 Å². The molecule has 2 nitrogen and oxygen atoms in total. The molecule has 0 radical (unpaired) electrons. The average molecular weight is 206 g/mol. The van der Waals surface area contributed by atoms with Gasteiger partial charge >= 0.3 is 0 Å². The highest BCUT2D eigenvalue weighted by atomic mass is 31.0. The van der Waals surface area contributed by atoms with Crippen molar-refractivity contribution in [2.24, 2.45) is 0 Å². The molecular formula is C8H9F2O2P. The standard InChI is InChI=1S/C8H9F2O2P/c9-6-3-5(12-2-1-11)4-7(13)8(6)10/h3-4,11H,1-2,13H2. The Kier molecular flexibility index (Phi) is 3.58. The topological polar surface area (TPSA) is 29.5 Å². The number of hydrogen-bond donors (Lipinski definition) is 1. The summed E-state index contributed by atoms with van der Waals surface area (Å²) in [5.74, 6) is -1.65. The molecule has 0 amide bonds. The fourth-order valence-electron chi connectivity index (χ4n) is 0.831. The Morgan fingerprint density at radius 2 is 2.08 bits per heavy atom. The summed E-state index contributed by atoms with van der Waals surface area (Å²) in [6.07, 6.45) is 0. The van der Waals surface area contributed by atoms with Crippen molar-refractivity contribution in [3.63, 3.8) is 0 Å². The minimum Gasteiger partial charge on any atom is -0.491 e. The smallest absolute Gasteiger partial charge is 0.166 e. The first-order valence-electron chi connectivity index (χ1n) is 3.63. The molecule has 1 aromatic rings. The Labute approximate surface area is 76.7 Å². The monoisotopic (exact) mass is 206 g/mol. The lowest BCUT2D eigenvalue weighted by Gasteiger charge is -2.05. The van der Waals surface area contributed by atoms with E-state index in [2.05, 4.69) is 9.24 Å². The average Bonchev–Trinajstić information content (AvgIpc) is 2.10. The van der Waals surface area contributed by atoms with Crippen molar-refractivity contribution >= 4 is 14.5 Å². The van der Waals surface area contributed by atoms with E-state index >= 15 is 0 Å². The van der Waals surface area contributed by atoms with Crippen LogP contribution in [0.1, 0.15) is 0 Å². The van der Waals surface area contributed by atoms with Crippen LogP contribution in [0.25, 0.3) is 0 Å². The summed E-state index contributed by atoms with van der Waals surface area (Å²) >= 11 is 0. The van der Waals surface area contributed by atoms with Gasteiger partial charge in [0.1, 0.15) is 12.4 Å². The van der Waals surface area contributed by atoms with Gasteiger partial charge in [0.2, 0.25) is 0 Å². The molecule has 0 aliphatic carbocycles. The Morgan fingerprint density at radius 3 is 2.62 bits per heavy atom. The normalized spacial score (nSPS) is 10.2. The summed E-state index contributed by atoms with van der Waals surface area (Å²) in [6, 6.07) is 2.29. The molecule has 0 aromatic heterocycles. The second-order valence-electron chi connectivity index (χ2n) is 2.38. The van der Waals surface area contributed by atoms with Crippen LogP contribution in [0, 0.1) is 11.6 Å². The zero-order valence-electron chi connectivity index (χ0n) is 6.76. The third kappa shape index (κ3) is 2.61. The number of hydrogen-bond acceptors (Lipinski definition) is 2. The van der Waals surface area contributed by atoms with Gasteiger partial charge in [-0.05, 0) is 6.07 Å². The number of halogens is 2. The van der Waals surface area contributed by atoms with Crippen LogP contribution in [-0.4, -0.2) is 18.3 Å². The number of benzene rings is 1. The highest BCUT2D eigenvalue weighted by Crippen LogP contribution is 2.15. The van der Waals surface area contributed by atoms with Crippen LogP contribution >= 0.6 is 9.24 Å². The summed E-state index contributed by atoms with van der Waals surface area (Å²) < 4.78 is 30.4. The Hall–Kier alpha value is -0.730. The van der Waals surface area contributed by atoms with Gasteiger partial charge in [-0.3, -0.25) is 0 Å². The first kappa shape index (κ1) is 10.4. The van der Waals surface area contributed by atoms with Crippen LogP contribution in [0.2, 0.25) is 0 Å². The molecule has 13 heavy (non-hydrogen) atoms. The van der Waals surface area contributed by atoms with E-state index in [0.717, 1.165) is 6.07 Å². The molecule has 0 spiro atoms. The molecule has 0 fully saturated rings. The highest BCUT2D eigenvalue weighted by molar-refractivity contribution is 7.27. The zero-order chi connectivity index (χ0) is 9.84. The molecule has 0 saturated carbocycles. The lowest BCUT2D eigenvalue weighted by Crippen LogP contribution is -2.07. The van der Waals surface area contributed by atoms with Crippen molar-refractivity contribution in [2.75, 3.05) is 13.2 Å². The van der Waals surface area contributed by atoms with E-state index < -0.39 is 11.6 Å². The number of aliphatic hydroxyl groups excluding tert-OH is 1. The van der Waals surface area contributed by atoms with Crippen molar-refractivity contribution < 1.29 is 18.6 Å². The van der Waals surface area contributed by atoms with Gasteiger partial charge in [0.25, 0.3) is 0 Å². The lowest BCUT2D eigenvalue weighted by atomic mass is 10.3. The zero-order valence-corrected chi connectivity index (χ0v) is 7.91. The minimum atomic E-state index is -0.958. The molecule has 0 aliphatic rings. The third-order valence-corrected chi connectivity index (χ3v) is 1.81. The molecule has 72 valence electrons. The van der Waals surface area contributed by atoms with E-state index in [4.69, 9.17) is 9.84 Å². The molecule has 1 atom stereocenters. The molecule has 5 heteroatoms. The van der Waals surface area contributed by atoms with Crippen LogP contribution in [0.3, 0.4) is 0 Å². The quantitative estimate of drug-likeness (QED) is 0.742. The SMILES string of the molecule is OCCOc1cc(F)c(F)c(P)c1. The Bertz CT molecular complexity index is 281. The summed E-state index contributed by atoms with van der Waals surface area (Å²) in [5.41, 5.74) is 0. The molecule has 0 heterocycles. The van der Waals surface area contributed by atoms with E-state index in [1.54, 1.807) is 0 Å². The van der Waals surface area contributed by atoms with Crippen molar-refractivity contribution in [3.8, 4) is 5.75 Å². The van der Waals surface area contributed by atoms with Crippen molar-refractivity contribution in [3.05, 3.63) is 23.8 Å². The fourth-order valence-corrected chi connectivity index (χ4v) is 1.13. The maximum Gasteiger partial charge on any atom is 0.166 e. The number of ether oxygens (including phenoxy) is 1. The number of aliphatic hydroxyl groups is 1. The van der Waals surface area contributed by atoms with Gasteiger partial charge in [0.15, 0.2) is 11.6 Å². The van der Waals surface area contributed by atoms with Crippen LogP contribution in [0.5, 0.6) is 5.75 Å². The second kappa shape index (κ2) is 4.49. The molecule has 1 unspecified atom stereocenters. The molecule has 1 aromatic carbocycles. The molecule has 0 bridgehead atoms. The first-order chi connectivity index (χ1) is 6.15. The van der Waals surface area contributed by atoms with Gasteiger partial charge < -0.3 is 9.84 Å². The first-order valence-corrected chi connectivity index (χ1v) is 4.21.